The van der Waals surface area contributed by atoms with E-state index < -0.39 is 0 Å². The Morgan fingerprint density at radius 1 is 1.42 bits per heavy atom. The number of hydrogen-bond acceptors (Lipinski definition) is 4. The fourth-order valence-electron chi connectivity index (χ4n) is 2.44. The fraction of sp³-hybridized carbons (Fsp3) is 0.500. The van der Waals surface area contributed by atoms with Gasteiger partial charge in [0.15, 0.2) is 0 Å². The maximum Gasteiger partial charge on any atom is 0.231 e. The SMILES string of the molecule is CN1C(=O)Cc2cc(C(C)(C)CNCNN)ccc21. The number of likely N-dealkylation sites (N-methyl/N-ethyl adjacent to an activating group) is 1. The average molecular weight is 262 g/mol. The number of benzene rings is 1. The molecule has 0 fully saturated rings. The summed E-state index contributed by atoms with van der Waals surface area (Å²) < 4.78 is 0. The van der Waals surface area contributed by atoms with Crippen molar-refractivity contribution < 1.29 is 4.79 Å². The third kappa shape index (κ3) is 2.78. The third-order valence-corrected chi connectivity index (χ3v) is 3.73. The predicted molar refractivity (Wildman–Crippen MR) is 76.8 cm³/mol. The van der Waals surface area contributed by atoms with Crippen molar-refractivity contribution in [1.82, 2.24) is 10.7 Å². The third-order valence-electron chi connectivity index (χ3n) is 3.73. The normalized spacial score (nSPS) is 14.9. The van der Waals surface area contributed by atoms with Gasteiger partial charge in [-0.2, -0.15) is 0 Å². The van der Waals surface area contributed by atoms with Crippen LogP contribution in [0.4, 0.5) is 5.69 Å². The van der Waals surface area contributed by atoms with Crippen molar-refractivity contribution in [2.24, 2.45) is 5.84 Å². The van der Waals surface area contributed by atoms with Gasteiger partial charge in [-0.1, -0.05) is 26.0 Å². The molecule has 0 spiro atoms. The molecule has 0 radical (unpaired) electrons. The second kappa shape index (κ2) is 5.28. The minimum atomic E-state index is -0.00388. The van der Waals surface area contributed by atoms with Gasteiger partial charge in [0.25, 0.3) is 0 Å². The van der Waals surface area contributed by atoms with Crippen LogP contribution in [0.2, 0.25) is 0 Å². The van der Waals surface area contributed by atoms with Crippen LogP contribution in [-0.2, 0) is 16.6 Å². The highest BCUT2D eigenvalue weighted by molar-refractivity contribution is 6.00. The van der Waals surface area contributed by atoms with E-state index in [1.165, 1.54) is 5.56 Å². The first-order chi connectivity index (χ1) is 8.95. The first kappa shape index (κ1) is 14.0. The molecule has 0 atom stereocenters. The van der Waals surface area contributed by atoms with E-state index in [4.69, 9.17) is 5.84 Å². The lowest BCUT2D eigenvalue weighted by atomic mass is 9.83. The molecule has 4 N–H and O–H groups in total. The maximum absolute atomic E-state index is 11.7. The van der Waals surface area contributed by atoms with Gasteiger partial charge in [0.05, 0.1) is 13.1 Å². The molecule has 19 heavy (non-hydrogen) atoms. The van der Waals surface area contributed by atoms with Gasteiger partial charge in [0.2, 0.25) is 5.91 Å². The number of hydrazine groups is 1. The van der Waals surface area contributed by atoms with E-state index in [9.17, 15) is 4.79 Å². The zero-order valence-electron chi connectivity index (χ0n) is 11.8. The average Bonchev–Trinajstić information content (AvgIpc) is 2.65. The fourth-order valence-corrected chi connectivity index (χ4v) is 2.44. The van der Waals surface area contributed by atoms with Crippen molar-refractivity contribution in [2.75, 3.05) is 25.2 Å². The standard InChI is InChI=1S/C14H22N4O/c1-14(2,8-16-9-17-15)11-4-5-12-10(6-11)7-13(19)18(12)3/h4-6,16-17H,7-9,15H2,1-3H3. The van der Waals surface area contributed by atoms with Crippen molar-refractivity contribution in [3.8, 4) is 0 Å². The molecule has 0 aliphatic carbocycles. The number of nitrogens with two attached hydrogens (primary N) is 1. The van der Waals surface area contributed by atoms with Gasteiger partial charge >= 0.3 is 0 Å². The largest absolute Gasteiger partial charge is 0.315 e. The molecule has 1 heterocycles. The van der Waals surface area contributed by atoms with E-state index >= 15 is 0 Å². The molecule has 5 heteroatoms. The summed E-state index contributed by atoms with van der Waals surface area (Å²) in [6.07, 6.45) is 0.507. The Balaban J connectivity index is 2.18. The summed E-state index contributed by atoms with van der Waals surface area (Å²) in [4.78, 5) is 13.4. The summed E-state index contributed by atoms with van der Waals surface area (Å²) in [7, 11) is 1.83. The van der Waals surface area contributed by atoms with Crippen LogP contribution in [0.3, 0.4) is 0 Å². The highest BCUT2D eigenvalue weighted by Gasteiger charge is 2.27. The van der Waals surface area contributed by atoms with Crippen LogP contribution in [-0.4, -0.2) is 26.2 Å². The van der Waals surface area contributed by atoms with Crippen molar-refractivity contribution in [2.45, 2.75) is 25.7 Å². The molecule has 104 valence electrons. The summed E-state index contributed by atoms with van der Waals surface area (Å²) in [5.74, 6) is 5.41. The van der Waals surface area contributed by atoms with Crippen molar-refractivity contribution in [3.63, 3.8) is 0 Å². The lowest BCUT2D eigenvalue weighted by Gasteiger charge is -2.26. The molecule has 0 saturated heterocycles. The summed E-state index contributed by atoms with van der Waals surface area (Å²) >= 11 is 0. The van der Waals surface area contributed by atoms with Crippen LogP contribution >= 0.6 is 0 Å². The molecule has 1 aromatic rings. The highest BCUT2D eigenvalue weighted by Crippen LogP contribution is 2.32. The van der Waals surface area contributed by atoms with Crippen LogP contribution in [0, 0.1) is 0 Å². The molecular weight excluding hydrogens is 240 g/mol. The lowest BCUT2D eigenvalue weighted by Crippen LogP contribution is -2.40. The van der Waals surface area contributed by atoms with Gasteiger partial charge in [-0.3, -0.25) is 10.6 Å². The molecule has 2 rings (SSSR count). The number of amides is 1. The summed E-state index contributed by atoms with van der Waals surface area (Å²) in [6, 6.07) is 6.29. The number of carbonyl (C=O) groups excluding carboxylic acids is 1. The van der Waals surface area contributed by atoms with Crippen LogP contribution in [0.25, 0.3) is 0 Å². The number of hydrogen-bond donors (Lipinski definition) is 3. The Morgan fingerprint density at radius 2 is 2.16 bits per heavy atom. The topological polar surface area (TPSA) is 70.4 Å². The summed E-state index contributed by atoms with van der Waals surface area (Å²) in [5.41, 5.74) is 5.96. The van der Waals surface area contributed by atoms with Gasteiger partial charge in [-0.25, -0.2) is 5.43 Å². The van der Waals surface area contributed by atoms with Crippen molar-refractivity contribution >= 4 is 11.6 Å². The molecule has 0 bridgehead atoms. The summed E-state index contributed by atoms with van der Waals surface area (Å²) in [6.45, 7) is 5.76. The monoisotopic (exact) mass is 262 g/mol. The molecule has 1 aliphatic rings. The second-order valence-corrected chi connectivity index (χ2v) is 5.66. The van der Waals surface area contributed by atoms with E-state index in [1.807, 2.05) is 13.1 Å². The number of rotatable bonds is 5. The minimum Gasteiger partial charge on any atom is -0.315 e. The maximum atomic E-state index is 11.7. The second-order valence-electron chi connectivity index (χ2n) is 5.66. The number of carbonyl (C=O) groups is 1. The van der Waals surface area contributed by atoms with Gasteiger partial charge in [-0.15, -0.1) is 0 Å². The van der Waals surface area contributed by atoms with Gasteiger partial charge in [0.1, 0.15) is 0 Å². The Bertz CT molecular complexity index is 484. The van der Waals surface area contributed by atoms with Crippen LogP contribution in [0.5, 0.6) is 0 Å². The van der Waals surface area contributed by atoms with Crippen molar-refractivity contribution in [3.05, 3.63) is 29.3 Å². The highest BCUT2D eigenvalue weighted by atomic mass is 16.2. The number of anilines is 1. The van der Waals surface area contributed by atoms with E-state index in [-0.39, 0.29) is 11.3 Å². The zero-order valence-corrected chi connectivity index (χ0v) is 11.8. The predicted octanol–water partition coefficient (Wildman–Crippen LogP) is 0.494. The van der Waals surface area contributed by atoms with E-state index in [1.54, 1.807) is 4.90 Å². The van der Waals surface area contributed by atoms with Gasteiger partial charge in [-0.05, 0) is 17.2 Å². The molecule has 1 amide bonds. The quantitative estimate of drug-likeness (QED) is 0.313. The van der Waals surface area contributed by atoms with Crippen LogP contribution in [0.1, 0.15) is 25.0 Å². The lowest BCUT2D eigenvalue weighted by molar-refractivity contribution is -0.117. The Kier molecular flexibility index (Phi) is 3.89. The Morgan fingerprint density at radius 3 is 2.84 bits per heavy atom. The van der Waals surface area contributed by atoms with E-state index in [0.717, 1.165) is 17.8 Å². The van der Waals surface area contributed by atoms with Gasteiger partial charge in [0, 0.05) is 24.7 Å². The Labute approximate surface area is 114 Å². The molecule has 0 unspecified atom stereocenters. The first-order valence-electron chi connectivity index (χ1n) is 6.50. The van der Waals surface area contributed by atoms with Crippen LogP contribution in [0.15, 0.2) is 18.2 Å². The molecule has 0 saturated carbocycles. The van der Waals surface area contributed by atoms with Gasteiger partial charge < -0.3 is 10.2 Å². The number of fused-ring (bicyclic) bond motifs is 1. The molecule has 1 aliphatic heterocycles. The van der Waals surface area contributed by atoms with Crippen molar-refractivity contribution in [1.29, 1.82) is 0 Å². The molecular formula is C14H22N4O. The first-order valence-corrected chi connectivity index (χ1v) is 6.50. The number of nitrogens with zero attached hydrogens (tertiary/aromatic N) is 1. The van der Waals surface area contributed by atoms with E-state index in [2.05, 4.69) is 36.7 Å². The minimum absolute atomic E-state index is 0.00388. The van der Waals surface area contributed by atoms with Crippen LogP contribution < -0.4 is 21.5 Å². The zero-order chi connectivity index (χ0) is 14.0. The number of nitrogens with one attached hydrogen (secondary N) is 2. The smallest absolute Gasteiger partial charge is 0.231 e. The molecule has 0 aromatic heterocycles. The Hall–Kier alpha value is -1.43. The molecule has 5 nitrogen and oxygen atoms in total. The summed E-state index contributed by atoms with van der Waals surface area (Å²) in [5, 5.41) is 3.25. The van der Waals surface area contributed by atoms with E-state index in [0.29, 0.717) is 13.1 Å². The molecule has 1 aromatic carbocycles.